The van der Waals surface area contributed by atoms with Crippen LogP contribution in [-0.2, 0) is 6.54 Å². The van der Waals surface area contributed by atoms with Gasteiger partial charge in [-0.3, -0.25) is 10.1 Å². The molecule has 21 heavy (non-hydrogen) atoms. The van der Waals surface area contributed by atoms with Crippen molar-refractivity contribution in [2.45, 2.75) is 6.54 Å². The van der Waals surface area contributed by atoms with Gasteiger partial charge in [0.25, 0.3) is 5.69 Å². The molecule has 0 spiro atoms. The van der Waals surface area contributed by atoms with Gasteiger partial charge in [0.15, 0.2) is 0 Å². The SMILES string of the molecule is CN(Cc1ccc(Cl)cc1)c1ccc([N+](=O)[O-])c(C#N)c1. The van der Waals surface area contributed by atoms with Crippen LogP contribution in [0.25, 0.3) is 0 Å². The number of hydrogen-bond donors (Lipinski definition) is 0. The molecule has 0 unspecified atom stereocenters. The summed E-state index contributed by atoms with van der Waals surface area (Å²) in [5.41, 5.74) is 1.67. The lowest BCUT2D eigenvalue weighted by Crippen LogP contribution is -2.16. The maximum absolute atomic E-state index is 10.8. The highest BCUT2D eigenvalue weighted by Gasteiger charge is 2.15. The summed E-state index contributed by atoms with van der Waals surface area (Å²) in [4.78, 5) is 12.2. The Labute approximate surface area is 127 Å². The molecule has 0 aliphatic rings. The maximum Gasteiger partial charge on any atom is 0.287 e. The molecule has 2 rings (SSSR count). The van der Waals surface area contributed by atoms with Crippen LogP contribution in [0.2, 0.25) is 5.02 Å². The maximum atomic E-state index is 10.8. The van der Waals surface area contributed by atoms with Crippen molar-refractivity contribution in [1.29, 1.82) is 5.26 Å². The Morgan fingerprint density at radius 2 is 1.95 bits per heavy atom. The second kappa shape index (κ2) is 6.25. The molecule has 0 saturated heterocycles. The fourth-order valence-electron chi connectivity index (χ4n) is 1.97. The zero-order chi connectivity index (χ0) is 15.4. The van der Waals surface area contributed by atoms with Crippen molar-refractivity contribution in [3.05, 3.63) is 68.7 Å². The minimum absolute atomic E-state index is 0.0560. The fraction of sp³-hybridized carbons (Fsp3) is 0.133. The molecule has 0 amide bonds. The topological polar surface area (TPSA) is 70.2 Å². The minimum atomic E-state index is -0.554. The Morgan fingerprint density at radius 1 is 1.29 bits per heavy atom. The number of hydrogen-bond acceptors (Lipinski definition) is 4. The number of rotatable bonds is 4. The molecule has 0 fully saturated rings. The van der Waals surface area contributed by atoms with Crippen LogP contribution in [0.1, 0.15) is 11.1 Å². The second-order valence-corrected chi connectivity index (χ2v) is 4.99. The first-order chi connectivity index (χ1) is 10.0. The Kier molecular flexibility index (Phi) is 4.41. The van der Waals surface area contributed by atoms with Crippen LogP contribution in [0.15, 0.2) is 42.5 Å². The Morgan fingerprint density at radius 3 is 2.52 bits per heavy atom. The molecule has 106 valence electrons. The summed E-state index contributed by atoms with van der Waals surface area (Å²) in [5.74, 6) is 0. The third-order valence-electron chi connectivity index (χ3n) is 3.07. The van der Waals surface area contributed by atoms with E-state index in [1.54, 1.807) is 18.2 Å². The molecule has 0 saturated carbocycles. The number of nitriles is 1. The van der Waals surface area contributed by atoms with E-state index in [1.807, 2.05) is 30.1 Å². The van der Waals surface area contributed by atoms with Gasteiger partial charge in [0.05, 0.1) is 4.92 Å². The van der Waals surface area contributed by atoms with E-state index < -0.39 is 4.92 Å². The molecule has 0 aliphatic carbocycles. The zero-order valence-corrected chi connectivity index (χ0v) is 12.0. The molecule has 0 radical (unpaired) electrons. The van der Waals surface area contributed by atoms with Crippen molar-refractivity contribution in [1.82, 2.24) is 0 Å². The Balaban J connectivity index is 2.23. The average molecular weight is 302 g/mol. The second-order valence-electron chi connectivity index (χ2n) is 4.55. The van der Waals surface area contributed by atoms with E-state index in [0.29, 0.717) is 11.6 Å². The van der Waals surface area contributed by atoms with E-state index >= 15 is 0 Å². The zero-order valence-electron chi connectivity index (χ0n) is 11.3. The first-order valence-corrected chi connectivity index (χ1v) is 6.53. The molecular weight excluding hydrogens is 290 g/mol. The van der Waals surface area contributed by atoms with Gasteiger partial charge in [0.2, 0.25) is 0 Å². The summed E-state index contributed by atoms with van der Waals surface area (Å²) in [6.07, 6.45) is 0. The molecule has 0 N–H and O–H groups in total. The molecule has 0 aliphatic heterocycles. The van der Waals surface area contributed by atoms with Gasteiger partial charge in [-0.05, 0) is 29.8 Å². The highest BCUT2D eigenvalue weighted by atomic mass is 35.5. The third kappa shape index (κ3) is 3.50. The number of halogens is 1. The predicted molar refractivity (Wildman–Crippen MR) is 81.4 cm³/mol. The lowest BCUT2D eigenvalue weighted by atomic mass is 10.1. The Bertz CT molecular complexity index is 708. The van der Waals surface area contributed by atoms with Gasteiger partial charge in [0, 0.05) is 30.4 Å². The summed E-state index contributed by atoms with van der Waals surface area (Å²) >= 11 is 5.84. The van der Waals surface area contributed by atoms with Crippen LogP contribution in [0.3, 0.4) is 0 Å². The summed E-state index contributed by atoms with van der Waals surface area (Å²) in [6, 6.07) is 13.8. The van der Waals surface area contributed by atoms with E-state index in [0.717, 1.165) is 11.3 Å². The molecule has 5 nitrogen and oxygen atoms in total. The van der Waals surface area contributed by atoms with Crippen molar-refractivity contribution < 1.29 is 4.92 Å². The van der Waals surface area contributed by atoms with E-state index in [9.17, 15) is 10.1 Å². The van der Waals surface area contributed by atoms with E-state index in [2.05, 4.69) is 0 Å². The molecule has 2 aromatic carbocycles. The fourth-order valence-corrected chi connectivity index (χ4v) is 2.09. The minimum Gasteiger partial charge on any atom is -0.370 e. The number of anilines is 1. The van der Waals surface area contributed by atoms with Crippen LogP contribution in [0.4, 0.5) is 11.4 Å². The van der Waals surface area contributed by atoms with Gasteiger partial charge in [-0.1, -0.05) is 23.7 Å². The van der Waals surface area contributed by atoms with Gasteiger partial charge in [-0.15, -0.1) is 0 Å². The van der Waals surface area contributed by atoms with Crippen molar-refractivity contribution in [2.75, 3.05) is 11.9 Å². The predicted octanol–water partition coefficient (Wildman–Crippen LogP) is 3.76. The first-order valence-electron chi connectivity index (χ1n) is 6.15. The van der Waals surface area contributed by atoms with Gasteiger partial charge in [0.1, 0.15) is 11.6 Å². The van der Waals surface area contributed by atoms with Gasteiger partial charge < -0.3 is 4.90 Å². The van der Waals surface area contributed by atoms with Crippen LogP contribution in [0, 0.1) is 21.4 Å². The lowest BCUT2D eigenvalue weighted by molar-refractivity contribution is -0.385. The highest BCUT2D eigenvalue weighted by molar-refractivity contribution is 6.30. The summed E-state index contributed by atoms with van der Waals surface area (Å²) in [6.45, 7) is 0.611. The molecule has 0 bridgehead atoms. The quantitative estimate of drug-likeness (QED) is 0.637. The summed E-state index contributed by atoms with van der Waals surface area (Å²) < 4.78 is 0. The summed E-state index contributed by atoms with van der Waals surface area (Å²) in [7, 11) is 1.86. The van der Waals surface area contributed by atoms with Crippen LogP contribution in [-0.4, -0.2) is 12.0 Å². The van der Waals surface area contributed by atoms with Crippen LogP contribution >= 0.6 is 11.6 Å². The van der Waals surface area contributed by atoms with Crippen LogP contribution in [0.5, 0.6) is 0 Å². The molecular formula is C15H12ClN3O2. The first kappa shape index (κ1) is 14.8. The Hall–Kier alpha value is -2.58. The molecule has 0 atom stereocenters. The van der Waals surface area contributed by atoms with Crippen LogP contribution < -0.4 is 4.90 Å². The molecule has 2 aromatic rings. The molecule has 0 aromatic heterocycles. The molecule has 6 heteroatoms. The van der Waals surface area contributed by atoms with Crippen molar-refractivity contribution in [3.63, 3.8) is 0 Å². The monoisotopic (exact) mass is 301 g/mol. The third-order valence-corrected chi connectivity index (χ3v) is 3.32. The summed E-state index contributed by atoms with van der Waals surface area (Å²) in [5, 5.41) is 20.5. The van der Waals surface area contributed by atoms with Crippen molar-refractivity contribution in [2.24, 2.45) is 0 Å². The number of nitro groups is 1. The largest absolute Gasteiger partial charge is 0.370 e. The van der Waals surface area contributed by atoms with Gasteiger partial charge in [-0.2, -0.15) is 5.26 Å². The normalized spacial score (nSPS) is 9.95. The smallest absolute Gasteiger partial charge is 0.287 e. The number of benzene rings is 2. The van der Waals surface area contributed by atoms with Gasteiger partial charge >= 0.3 is 0 Å². The highest BCUT2D eigenvalue weighted by Crippen LogP contribution is 2.25. The van der Waals surface area contributed by atoms with Gasteiger partial charge in [-0.25, -0.2) is 0 Å². The van der Waals surface area contributed by atoms with E-state index in [4.69, 9.17) is 16.9 Å². The van der Waals surface area contributed by atoms with Crippen molar-refractivity contribution >= 4 is 23.0 Å². The number of nitrogens with zero attached hydrogens (tertiary/aromatic N) is 3. The lowest BCUT2D eigenvalue weighted by Gasteiger charge is -2.19. The van der Waals surface area contributed by atoms with E-state index in [1.165, 1.54) is 12.1 Å². The number of nitro benzene ring substituents is 1. The van der Waals surface area contributed by atoms with Crippen molar-refractivity contribution in [3.8, 4) is 6.07 Å². The molecule has 0 heterocycles. The standard InChI is InChI=1S/C15H12ClN3O2/c1-18(10-11-2-4-13(16)5-3-11)14-6-7-15(19(20)21)12(8-14)9-17/h2-8H,10H2,1H3. The average Bonchev–Trinajstić information content (AvgIpc) is 2.48. The van der Waals surface area contributed by atoms with E-state index in [-0.39, 0.29) is 11.3 Å².